The molecule has 3 aromatic carbocycles. The Bertz CT molecular complexity index is 955. The number of fused-ring (bicyclic) bond motifs is 1. The molecule has 0 radical (unpaired) electrons. The number of carbonyl (C=O) groups excluding carboxylic acids is 1. The summed E-state index contributed by atoms with van der Waals surface area (Å²) in [4.78, 5) is 11.9. The smallest absolute Gasteiger partial charge is 0.277 e. The van der Waals surface area contributed by atoms with Crippen LogP contribution in [-0.4, -0.2) is 25.3 Å². The van der Waals surface area contributed by atoms with Crippen LogP contribution in [0.4, 0.5) is 0 Å². The van der Waals surface area contributed by atoms with Gasteiger partial charge in [0.05, 0.1) is 12.8 Å². The lowest BCUT2D eigenvalue weighted by Crippen LogP contribution is -2.24. The van der Waals surface area contributed by atoms with Crippen LogP contribution in [-0.2, 0) is 4.79 Å². The van der Waals surface area contributed by atoms with Gasteiger partial charge in [-0.25, -0.2) is 5.43 Å². The van der Waals surface area contributed by atoms with Gasteiger partial charge in [0.2, 0.25) is 0 Å². The fourth-order valence-corrected chi connectivity index (χ4v) is 2.70. The van der Waals surface area contributed by atoms with E-state index in [4.69, 9.17) is 21.1 Å². The first-order chi connectivity index (χ1) is 13.2. The minimum atomic E-state index is -0.362. The molecule has 0 atom stereocenters. The molecular formula is C21H19ClN2O3. The SMILES string of the molecule is CCOc1ccc2ccccc2c1/C=N\NC(=O)COc1ccc(Cl)cc1. The average Bonchev–Trinajstić information content (AvgIpc) is 2.69. The maximum atomic E-state index is 11.9. The summed E-state index contributed by atoms with van der Waals surface area (Å²) in [7, 11) is 0. The lowest BCUT2D eigenvalue weighted by atomic mass is 10.0. The van der Waals surface area contributed by atoms with E-state index in [0.29, 0.717) is 23.1 Å². The van der Waals surface area contributed by atoms with Gasteiger partial charge in [0.15, 0.2) is 6.61 Å². The number of ether oxygens (including phenoxy) is 2. The van der Waals surface area contributed by atoms with Crippen molar-refractivity contribution in [1.82, 2.24) is 5.43 Å². The fourth-order valence-electron chi connectivity index (χ4n) is 2.57. The summed E-state index contributed by atoms with van der Waals surface area (Å²) in [5.74, 6) is 0.914. The minimum absolute atomic E-state index is 0.146. The van der Waals surface area contributed by atoms with Crippen LogP contribution >= 0.6 is 11.6 Å². The van der Waals surface area contributed by atoms with Crippen LogP contribution in [0.25, 0.3) is 10.8 Å². The molecule has 0 saturated carbocycles. The van der Waals surface area contributed by atoms with E-state index in [0.717, 1.165) is 16.3 Å². The number of hydrogen-bond acceptors (Lipinski definition) is 4. The van der Waals surface area contributed by atoms with E-state index in [1.807, 2.05) is 43.3 Å². The van der Waals surface area contributed by atoms with E-state index in [1.54, 1.807) is 30.5 Å². The van der Waals surface area contributed by atoms with E-state index in [2.05, 4.69) is 10.5 Å². The summed E-state index contributed by atoms with van der Waals surface area (Å²) in [6.07, 6.45) is 1.59. The van der Waals surface area contributed by atoms with Gasteiger partial charge in [0.1, 0.15) is 11.5 Å². The Morgan fingerprint density at radius 2 is 1.85 bits per heavy atom. The highest BCUT2D eigenvalue weighted by atomic mass is 35.5. The molecule has 1 amide bonds. The van der Waals surface area contributed by atoms with E-state index >= 15 is 0 Å². The van der Waals surface area contributed by atoms with Crippen molar-refractivity contribution in [1.29, 1.82) is 0 Å². The fraction of sp³-hybridized carbons (Fsp3) is 0.143. The summed E-state index contributed by atoms with van der Waals surface area (Å²) in [5, 5.41) is 6.73. The average molecular weight is 383 g/mol. The molecule has 5 nitrogen and oxygen atoms in total. The molecule has 0 heterocycles. The maximum Gasteiger partial charge on any atom is 0.277 e. The van der Waals surface area contributed by atoms with E-state index in [9.17, 15) is 4.79 Å². The first kappa shape index (κ1) is 18.7. The lowest BCUT2D eigenvalue weighted by molar-refractivity contribution is -0.123. The Balaban J connectivity index is 1.67. The monoisotopic (exact) mass is 382 g/mol. The number of rotatable bonds is 7. The molecule has 0 aliphatic rings. The van der Waals surface area contributed by atoms with Gasteiger partial charge in [-0.2, -0.15) is 5.10 Å². The van der Waals surface area contributed by atoms with Crippen molar-refractivity contribution in [3.8, 4) is 11.5 Å². The van der Waals surface area contributed by atoms with Gasteiger partial charge in [-0.15, -0.1) is 0 Å². The Morgan fingerprint density at radius 1 is 1.07 bits per heavy atom. The van der Waals surface area contributed by atoms with Crippen molar-refractivity contribution >= 4 is 34.5 Å². The number of halogens is 1. The molecule has 6 heteroatoms. The van der Waals surface area contributed by atoms with E-state index in [-0.39, 0.29) is 12.5 Å². The Hall–Kier alpha value is -3.05. The predicted octanol–water partition coefficient (Wildman–Crippen LogP) is 4.42. The third-order valence-electron chi connectivity index (χ3n) is 3.80. The van der Waals surface area contributed by atoms with Crippen molar-refractivity contribution < 1.29 is 14.3 Å². The highest BCUT2D eigenvalue weighted by molar-refractivity contribution is 6.30. The van der Waals surface area contributed by atoms with Crippen LogP contribution in [0, 0.1) is 0 Å². The number of hydrogen-bond donors (Lipinski definition) is 1. The van der Waals surface area contributed by atoms with Crippen molar-refractivity contribution in [2.75, 3.05) is 13.2 Å². The van der Waals surface area contributed by atoms with E-state index < -0.39 is 0 Å². The molecule has 138 valence electrons. The van der Waals surface area contributed by atoms with Crippen LogP contribution in [0.1, 0.15) is 12.5 Å². The van der Waals surface area contributed by atoms with Crippen molar-refractivity contribution in [2.45, 2.75) is 6.92 Å². The molecule has 0 unspecified atom stereocenters. The standard InChI is InChI=1S/C21H19ClN2O3/c1-2-26-20-12-7-15-5-3-4-6-18(15)19(20)13-23-24-21(25)14-27-17-10-8-16(22)9-11-17/h3-13H,2,14H2,1H3,(H,24,25)/b23-13-. The first-order valence-electron chi connectivity index (χ1n) is 8.52. The van der Waals surface area contributed by atoms with Gasteiger partial charge < -0.3 is 9.47 Å². The second-order valence-electron chi connectivity index (χ2n) is 5.67. The first-order valence-corrected chi connectivity index (χ1v) is 8.90. The van der Waals surface area contributed by atoms with Gasteiger partial charge >= 0.3 is 0 Å². The second-order valence-corrected chi connectivity index (χ2v) is 6.10. The van der Waals surface area contributed by atoms with Gasteiger partial charge in [-0.05, 0) is 48.0 Å². The van der Waals surface area contributed by atoms with Crippen molar-refractivity contribution in [3.63, 3.8) is 0 Å². The molecule has 0 fully saturated rings. The molecule has 0 bridgehead atoms. The van der Waals surface area contributed by atoms with Crippen LogP contribution in [0.5, 0.6) is 11.5 Å². The number of nitrogens with zero attached hydrogens (tertiary/aromatic N) is 1. The summed E-state index contributed by atoms with van der Waals surface area (Å²) < 4.78 is 11.1. The zero-order chi connectivity index (χ0) is 19.1. The summed E-state index contributed by atoms with van der Waals surface area (Å²) in [6.45, 7) is 2.32. The molecule has 0 aliphatic heterocycles. The zero-order valence-corrected chi connectivity index (χ0v) is 15.6. The number of carbonyl (C=O) groups is 1. The second kappa shape index (κ2) is 9.05. The number of hydrazone groups is 1. The number of nitrogens with one attached hydrogen (secondary N) is 1. The normalized spacial score (nSPS) is 10.9. The summed E-state index contributed by atoms with van der Waals surface area (Å²) in [6, 6.07) is 18.6. The highest BCUT2D eigenvalue weighted by Crippen LogP contribution is 2.26. The largest absolute Gasteiger partial charge is 0.493 e. The molecule has 0 spiro atoms. The third-order valence-corrected chi connectivity index (χ3v) is 4.05. The zero-order valence-electron chi connectivity index (χ0n) is 14.8. The van der Waals surface area contributed by atoms with Gasteiger partial charge in [-0.3, -0.25) is 4.79 Å². The predicted molar refractivity (Wildman–Crippen MR) is 108 cm³/mol. The minimum Gasteiger partial charge on any atom is -0.493 e. The molecule has 0 aromatic heterocycles. The topological polar surface area (TPSA) is 59.9 Å². The number of amides is 1. The molecular weight excluding hydrogens is 364 g/mol. The summed E-state index contributed by atoms with van der Waals surface area (Å²) in [5.41, 5.74) is 3.28. The molecule has 3 aromatic rings. The maximum absolute atomic E-state index is 11.9. The summed E-state index contributed by atoms with van der Waals surface area (Å²) >= 11 is 5.81. The van der Waals surface area contributed by atoms with Crippen molar-refractivity contribution in [3.05, 3.63) is 71.2 Å². The Morgan fingerprint density at radius 3 is 2.63 bits per heavy atom. The van der Waals surface area contributed by atoms with Crippen LogP contribution in [0.3, 0.4) is 0 Å². The molecule has 1 N–H and O–H groups in total. The quantitative estimate of drug-likeness (QED) is 0.486. The molecule has 0 aliphatic carbocycles. The Labute approximate surface area is 162 Å². The van der Waals surface area contributed by atoms with Crippen molar-refractivity contribution in [2.24, 2.45) is 5.10 Å². The van der Waals surface area contributed by atoms with Crippen LogP contribution in [0.2, 0.25) is 5.02 Å². The number of benzene rings is 3. The van der Waals surface area contributed by atoms with Gasteiger partial charge in [0, 0.05) is 10.6 Å². The van der Waals surface area contributed by atoms with Crippen LogP contribution in [0.15, 0.2) is 65.8 Å². The molecule has 0 saturated heterocycles. The lowest BCUT2D eigenvalue weighted by Gasteiger charge is -2.10. The molecule has 27 heavy (non-hydrogen) atoms. The van der Waals surface area contributed by atoms with Gasteiger partial charge in [-0.1, -0.05) is 41.9 Å². The highest BCUT2D eigenvalue weighted by Gasteiger charge is 2.07. The van der Waals surface area contributed by atoms with E-state index in [1.165, 1.54) is 0 Å². The van der Waals surface area contributed by atoms with Gasteiger partial charge in [0.25, 0.3) is 5.91 Å². The molecule has 3 rings (SSSR count). The van der Waals surface area contributed by atoms with Crippen LogP contribution < -0.4 is 14.9 Å². The Kier molecular flexibility index (Phi) is 6.28. The third kappa shape index (κ3) is 4.99.